The molecule has 0 saturated carbocycles. The molecule has 2 aromatic carbocycles. The first-order valence-electron chi connectivity index (χ1n) is 11.4. The van der Waals surface area contributed by atoms with Crippen molar-refractivity contribution in [3.8, 4) is 0 Å². The van der Waals surface area contributed by atoms with Crippen LogP contribution in [0, 0.1) is 0 Å². The van der Waals surface area contributed by atoms with E-state index in [0.717, 1.165) is 17.8 Å². The topological polar surface area (TPSA) is 91.0 Å². The first-order valence-corrected chi connectivity index (χ1v) is 12.3. The van der Waals surface area contributed by atoms with Gasteiger partial charge in [0.05, 0.1) is 29.6 Å². The highest BCUT2D eigenvalue weighted by Crippen LogP contribution is 2.38. The summed E-state index contributed by atoms with van der Waals surface area (Å²) in [4.78, 5) is 41.5. The fraction of sp³-hybridized carbons (Fsp3) is 0.222. The fourth-order valence-corrected chi connectivity index (χ4v) is 4.51. The molecule has 0 radical (unpaired) electrons. The number of carbonyl (C=O) groups excluding carboxylic acids is 3. The number of carbonyl (C=O) groups is 3. The number of thiophene rings is 1. The Morgan fingerprint density at radius 3 is 2.33 bits per heavy atom. The highest BCUT2D eigenvalue weighted by atomic mass is 32.1. The Morgan fingerprint density at radius 2 is 1.69 bits per heavy atom. The summed E-state index contributed by atoms with van der Waals surface area (Å²) in [5, 5.41) is 10.1. The van der Waals surface area contributed by atoms with E-state index < -0.39 is 5.97 Å². The van der Waals surface area contributed by atoms with E-state index in [1.54, 1.807) is 42.3 Å². The lowest BCUT2D eigenvalue weighted by atomic mass is 10.00. The molecule has 0 aliphatic carbocycles. The average molecular weight is 505 g/mol. The van der Waals surface area contributed by atoms with Gasteiger partial charge in [0.15, 0.2) is 0 Å². The van der Waals surface area contributed by atoms with Gasteiger partial charge in [-0.1, -0.05) is 6.07 Å². The van der Waals surface area contributed by atoms with Crippen molar-refractivity contribution in [2.24, 2.45) is 0 Å². The number of likely N-dealkylation sites (N-methyl/N-ethyl adjacent to an activating group) is 2. The summed E-state index contributed by atoms with van der Waals surface area (Å²) in [6.45, 7) is 1.41. The number of nitrogens with one attached hydrogen (secondary N) is 2. The fourth-order valence-electron chi connectivity index (χ4n) is 3.86. The number of fused-ring (bicyclic) bond motifs is 1. The Balaban J connectivity index is 1.64. The molecule has 2 N–H and O–H groups in total. The Labute approximate surface area is 214 Å². The summed E-state index contributed by atoms with van der Waals surface area (Å²) in [5.74, 6) is -0.789. The summed E-state index contributed by atoms with van der Waals surface area (Å²) in [6, 6.07) is 14.1. The molecule has 0 fully saturated rings. The van der Waals surface area contributed by atoms with Crippen molar-refractivity contribution in [2.75, 3.05) is 52.0 Å². The molecule has 2 heterocycles. The molecule has 0 spiro atoms. The zero-order valence-corrected chi connectivity index (χ0v) is 21.4. The molecule has 186 valence electrons. The van der Waals surface area contributed by atoms with Crippen LogP contribution in [0.5, 0.6) is 0 Å². The van der Waals surface area contributed by atoms with Gasteiger partial charge in [-0.05, 0) is 61.9 Å². The predicted molar refractivity (Wildman–Crippen MR) is 143 cm³/mol. The molecule has 36 heavy (non-hydrogen) atoms. The van der Waals surface area contributed by atoms with Crippen LogP contribution in [0.15, 0.2) is 59.3 Å². The van der Waals surface area contributed by atoms with Crippen LogP contribution in [-0.2, 0) is 9.53 Å². The largest absolute Gasteiger partial charge is 0.465 e. The second-order valence-electron chi connectivity index (χ2n) is 8.70. The zero-order valence-electron chi connectivity index (χ0n) is 20.6. The predicted octanol–water partition coefficient (Wildman–Crippen LogP) is 4.10. The maximum atomic E-state index is 13.1. The van der Waals surface area contributed by atoms with E-state index in [0.29, 0.717) is 40.2 Å². The minimum Gasteiger partial charge on any atom is -0.465 e. The molecule has 4 rings (SSSR count). The SMILES string of the molecule is COC(=O)c1ccc2c(c1)NC(=O)/C2=C(\Nc1ccc(C(=O)N(C)CCN(C)C)cc1)c1ccsc1. The number of hydrogen-bond acceptors (Lipinski definition) is 7. The van der Waals surface area contributed by atoms with Crippen molar-refractivity contribution in [3.63, 3.8) is 0 Å². The van der Waals surface area contributed by atoms with Crippen LogP contribution in [0.2, 0.25) is 0 Å². The van der Waals surface area contributed by atoms with Crippen molar-refractivity contribution in [2.45, 2.75) is 0 Å². The van der Waals surface area contributed by atoms with Crippen LogP contribution in [0.3, 0.4) is 0 Å². The normalized spacial score (nSPS) is 13.8. The quantitative estimate of drug-likeness (QED) is 0.355. The van der Waals surface area contributed by atoms with Crippen LogP contribution in [-0.4, -0.2) is 68.9 Å². The van der Waals surface area contributed by atoms with E-state index >= 15 is 0 Å². The Kier molecular flexibility index (Phi) is 7.52. The number of ether oxygens (including phenoxy) is 1. The molecule has 0 saturated heterocycles. The highest BCUT2D eigenvalue weighted by Gasteiger charge is 2.29. The van der Waals surface area contributed by atoms with Crippen molar-refractivity contribution in [3.05, 3.63) is 81.5 Å². The molecular weight excluding hydrogens is 476 g/mol. The van der Waals surface area contributed by atoms with Crippen molar-refractivity contribution >= 4 is 51.8 Å². The second kappa shape index (κ2) is 10.8. The molecule has 3 aromatic rings. The molecule has 1 aliphatic rings. The van der Waals surface area contributed by atoms with Gasteiger partial charge >= 0.3 is 5.97 Å². The van der Waals surface area contributed by atoms with Crippen molar-refractivity contribution in [1.29, 1.82) is 0 Å². The maximum absolute atomic E-state index is 13.1. The van der Waals surface area contributed by atoms with Crippen LogP contribution in [0.1, 0.15) is 31.8 Å². The first kappa shape index (κ1) is 25.2. The van der Waals surface area contributed by atoms with Crippen LogP contribution in [0.25, 0.3) is 11.3 Å². The van der Waals surface area contributed by atoms with Gasteiger partial charge in [-0.25, -0.2) is 4.79 Å². The van der Waals surface area contributed by atoms with E-state index in [2.05, 4.69) is 10.6 Å². The highest BCUT2D eigenvalue weighted by molar-refractivity contribution is 7.08. The monoisotopic (exact) mass is 504 g/mol. The second-order valence-corrected chi connectivity index (χ2v) is 9.48. The van der Waals surface area contributed by atoms with E-state index in [9.17, 15) is 14.4 Å². The lowest BCUT2D eigenvalue weighted by molar-refractivity contribution is -0.110. The Hall–Kier alpha value is -3.95. The van der Waals surface area contributed by atoms with Crippen molar-refractivity contribution < 1.29 is 19.1 Å². The van der Waals surface area contributed by atoms with E-state index in [4.69, 9.17) is 4.74 Å². The molecule has 0 unspecified atom stereocenters. The van der Waals surface area contributed by atoms with Crippen LogP contribution >= 0.6 is 11.3 Å². The van der Waals surface area contributed by atoms with Gasteiger partial charge in [0.2, 0.25) is 0 Å². The lowest BCUT2D eigenvalue weighted by Gasteiger charge is -2.20. The van der Waals surface area contributed by atoms with E-state index in [-0.39, 0.29) is 11.8 Å². The minimum absolute atomic E-state index is 0.0506. The molecule has 1 aromatic heterocycles. The summed E-state index contributed by atoms with van der Waals surface area (Å²) < 4.78 is 4.80. The molecule has 2 amide bonds. The smallest absolute Gasteiger partial charge is 0.337 e. The van der Waals surface area contributed by atoms with E-state index in [1.807, 2.05) is 48.0 Å². The standard InChI is InChI=1S/C27H28N4O4S/c1-30(2)12-13-31(3)26(33)17-5-8-20(9-6-17)28-24(19-11-14-36-16-19)23-21-10-7-18(27(34)35-4)15-22(21)29-25(23)32/h5-11,14-16,28H,12-13H2,1-4H3,(H,29,32)/b24-23-. The van der Waals surface area contributed by atoms with Gasteiger partial charge in [-0.15, -0.1) is 0 Å². The van der Waals surface area contributed by atoms with Gasteiger partial charge in [0, 0.05) is 47.9 Å². The Morgan fingerprint density at radius 1 is 0.972 bits per heavy atom. The van der Waals surface area contributed by atoms with E-state index in [1.165, 1.54) is 18.4 Å². The molecular formula is C27H28N4O4S. The number of hydrogen-bond donors (Lipinski definition) is 2. The molecule has 0 bridgehead atoms. The number of nitrogens with zero attached hydrogens (tertiary/aromatic N) is 2. The molecule has 0 atom stereocenters. The number of benzene rings is 2. The summed E-state index contributed by atoms with van der Waals surface area (Å²) >= 11 is 1.52. The van der Waals surface area contributed by atoms with Gasteiger partial charge < -0.3 is 25.2 Å². The lowest BCUT2D eigenvalue weighted by Crippen LogP contribution is -2.33. The summed E-state index contributed by atoms with van der Waals surface area (Å²) in [6.07, 6.45) is 0. The summed E-state index contributed by atoms with van der Waals surface area (Å²) in [5.41, 5.74) is 4.90. The number of amides is 2. The van der Waals surface area contributed by atoms with Crippen LogP contribution < -0.4 is 10.6 Å². The maximum Gasteiger partial charge on any atom is 0.337 e. The number of esters is 1. The van der Waals surface area contributed by atoms with Gasteiger partial charge in [-0.3, -0.25) is 9.59 Å². The molecule has 1 aliphatic heterocycles. The van der Waals surface area contributed by atoms with Crippen molar-refractivity contribution in [1.82, 2.24) is 9.80 Å². The average Bonchev–Trinajstić information content (AvgIpc) is 3.52. The minimum atomic E-state index is -0.470. The molecule has 9 heteroatoms. The third-order valence-electron chi connectivity index (χ3n) is 5.88. The zero-order chi connectivity index (χ0) is 25.8. The summed E-state index contributed by atoms with van der Waals surface area (Å²) in [7, 11) is 7.05. The first-order chi connectivity index (χ1) is 17.3. The third kappa shape index (κ3) is 5.32. The number of methoxy groups -OCH3 is 1. The van der Waals surface area contributed by atoms with Crippen LogP contribution in [0.4, 0.5) is 11.4 Å². The number of rotatable bonds is 8. The number of anilines is 2. The van der Waals surface area contributed by atoms with Gasteiger partial charge in [0.25, 0.3) is 11.8 Å². The molecule has 8 nitrogen and oxygen atoms in total. The Bertz CT molecular complexity index is 1310. The third-order valence-corrected chi connectivity index (χ3v) is 6.56. The van der Waals surface area contributed by atoms with Gasteiger partial charge in [-0.2, -0.15) is 11.3 Å². The van der Waals surface area contributed by atoms with Gasteiger partial charge in [0.1, 0.15) is 0 Å².